The summed E-state index contributed by atoms with van der Waals surface area (Å²) in [7, 11) is 1.56. The van der Waals surface area contributed by atoms with E-state index < -0.39 is 0 Å². The molecule has 0 radical (unpaired) electrons. The van der Waals surface area contributed by atoms with Crippen LogP contribution in [0.4, 0.5) is 5.69 Å². The lowest BCUT2D eigenvalue weighted by molar-refractivity contribution is -0.120. The van der Waals surface area contributed by atoms with Crippen molar-refractivity contribution < 1.29 is 4.79 Å². The molecule has 3 rings (SSSR count). The predicted molar refractivity (Wildman–Crippen MR) is 98.9 cm³/mol. The highest BCUT2D eigenvalue weighted by Crippen LogP contribution is 2.24. The lowest BCUT2D eigenvalue weighted by Gasteiger charge is -2.11. The van der Waals surface area contributed by atoms with Crippen LogP contribution in [0.1, 0.15) is 5.69 Å². The fraction of sp³-hybridized carbons (Fsp3) is 0.118. The lowest BCUT2D eigenvalue weighted by atomic mass is 10.1. The largest absolute Gasteiger partial charge is 0.297 e. The zero-order valence-electron chi connectivity index (χ0n) is 13.2. The second kappa shape index (κ2) is 7.13. The van der Waals surface area contributed by atoms with E-state index in [4.69, 9.17) is 23.2 Å². The highest BCUT2D eigenvalue weighted by molar-refractivity contribution is 6.36. The molecule has 2 aromatic carbocycles. The minimum absolute atomic E-state index is 0.00679. The van der Waals surface area contributed by atoms with Gasteiger partial charge in [-0.1, -0.05) is 41.4 Å². The first-order valence-corrected chi connectivity index (χ1v) is 8.16. The molecule has 0 unspecified atom stereocenters. The topological polar surface area (TPSA) is 76.0 Å². The highest BCUT2D eigenvalue weighted by atomic mass is 35.5. The number of hydrazine groups is 1. The van der Waals surface area contributed by atoms with Gasteiger partial charge < -0.3 is 0 Å². The highest BCUT2D eigenvalue weighted by Gasteiger charge is 2.12. The van der Waals surface area contributed by atoms with Crippen molar-refractivity contribution in [2.45, 2.75) is 6.42 Å². The summed E-state index contributed by atoms with van der Waals surface area (Å²) in [5.41, 5.74) is 6.15. The Labute approximate surface area is 153 Å². The number of benzene rings is 2. The van der Waals surface area contributed by atoms with E-state index in [1.807, 2.05) is 0 Å². The van der Waals surface area contributed by atoms with Crippen molar-refractivity contribution in [2.24, 2.45) is 7.05 Å². The van der Waals surface area contributed by atoms with Crippen molar-refractivity contribution in [1.82, 2.24) is 15.2 Å². The van der Waals surface area contributed by atoms with Crippen LogP contribution in [0.3, 0.4) is 0 Å². The van der Waals surface area contributed by atoms with E-state index in [0.29, 0.717) is 32.2 Å². The van der Waals surface area contributed by atoms with Gasteiger partial charge in [0.2, 0.25) is 5.91 Å². The molecule has 0 atom stereocenters. The number of rotatable bonds is 4. The number of hydrogen-bond acceptors (Lipinski definition) is 4. The smallest absolute Gasteiger partial charge is 0.274 e. The first-order valence-electron chi connectivity index (χ1n) is 7.40. The molecule has 1 amide bonds. The van der Waals surface area contributed by atoms with Crippen molar-refractivity contribution >= 4 is 45.6 Å². The lowest BCUT2D eigenvalue weighted by Crippen LogP contribution is -2.32. The average molecular weight is 377 g/mol. The Morgan fingerprint density at radius 2 is 1.88 bits per heavy atom. The van der Waals surface area contributed by atoms with Gasteiger partial charge >= 0.3 is 0 Å². The second-order valence-electron chi connectivity index (χ2n) is 5.40. The number of anilines is 1. The standard InChI is InChI=1S/C17H14Cl2N4O2/c1-23-17(25)12-5-3-2-4-11(12)15(22-23)9-16(24)21-20-14-7-6-10(18)8-13(14)19/h2-8,20H,9H2,1H3,(H,21,24). The molecular formula is C17H14Cl2N4O2. The molecule has 25 heavy (non-hydrogen) atoms. The number of aryl methyl sites for hydroxylation is 1. The van der Waals surface area contributed by atoms with Crippen LogP contribution in [0, 0.1) is 0 Å². The Morgan fingerprint density at radius 3 is 2.60 bits per heavy atom. The number of carbonyl (C=O) groups excluding carboxylic acids is 1. The van der Waals surface area contributed by atoms with Gasteiger partial charge in [-0.2, -0.15) is 5.10 Å². The third-order valence-electron chi connectivity index (χ3n) is 3.63. The first kappa shape index (κ1) is 17.3. The Bertz CT molecular complexity index is 1020. The third-order valence-corrected chi connectivity index (χ3v) is 4.18. The van der Waals surface area contributed by atoms with Gasteiger partial charge in [0, 0.05) is 17.5 Å². The van der Waals surface area contributed by atoms with Gasteiger partial charge in [-0.05, 0) is 24.3 Å². The summed E-state index contributed by atoms with van der Waals surface area (Å²) in [6.45, 7) is 0. The van der Waals surface area contributed by atoms with Crippen LogP contribution in [-0.4, -0.2) is 15.7 Å². The summed E-state index contributed by atoms with van der Waals surface area (Å²) < 4.78 is 1.23. The second-order valence-corrected chi connectivity index (χ2v) is 6.24. The summed E-state index contributed by atoms with van der Waals surface area (Å²) in [5.74, 6) is -0.317. The molecule has 0 saturated carbocycles. The summed E-state index contributed by atoms with van der Waals surface area (Å²) in [6.07, 6.45) is 0.00679. The molecule has 0 spiro atoms. The first-order chi connectivity index (χ1) is 12.0. The summed E-state index contributed by atoms with van der Waals surface area (Å²) in [6, 6.07) is 11.9. The molecule has 1 aromatic heterocycles. The zero-order chi connectivity index (χ0) is 18.0. The molecule has 0 aliphatic rings. The maximum Gasteiger partial charge on any atom is 0.274 e. The van der Waals surface area contributed by atoms with Gasteiger partial charge in [0.15, 0.2) is 0 Å². The Morgan fingerprint density at radius 1 is 1.16 bits per heavy atom. The molecule has 2 N–H and O–H groups in total. The number of halogens is 2. The van der Waals surface area contributed by atoms with E-state index in [2.05, 4.69) is 16.0 Å². The van der Waals surface area contributed by atoms with Crippen molar-refractivity contribution in [1.29, 1.82) is 0 Å². The summed E-state index contributed by atoms with van der Waals surface area (Å²) >= 11 is 11.9. The SMILES string of the molecule is Cn1nc(CC(=O)NNc2ccc(Cl)cc2Cl)c2ccccc2c1=O. The fourth-order valence-corrected chi connectivity index (χ4v) is 2.89. The Balaban J connectivity index is 1.78. The van der Waals surface area contributed by atoms with E-state index in [-0.39, 0.29) is 17.9 Å². The number of nitrogens with one attached hydrogen (secondary N) is 2. The minimum atomic E-state index is -0.317. The molecular weight excluding hydrogens is 363 g/mol. The molecule has 0 saturated heterocycles. The van der Waals surface area contributed by atoms with Gasteiger partial charge in [0.25, 0.3) is 5.56 Å². The number of amides is 1. The van der Waals surface area contributed by atoms with Crippen LogP contribution in [0.15, 0.2) is 47.3 Å². The van der Waals surface area contributed by atoms with Crippen LogP contribution < -0.4 is 16.4 Å². The molecule has 8 heteroatoms. The Kier molecular flexibility index (Phi) is 4.92. The van der Waals surface area contributed by atoms with E-state index in [1.165, 1.54) is 4.68 Å². The minimum Gasteiger partial charge on any atom is -0.297 e. The molecule has 3 aromatic rings. The van der Waals surface area contributed by atoms with Crippen LogP contribution in [0.2, 0.25) is 10.0 Å². The molecule has 0 aliphatic carbocycles. The monoisotopic (exact) mass is 376 g/mol. The summed E-state index contributed by atoms with van der Waals surface area (Å²) in [4.78, 5) is 24.3. The molecule has 6 nitrogen and oxygen atoms in total. The maximum atomic E-state index is 12.2. The van der Waals surface area contributed by atoms with Gasteiger partial charge in [-0.25, -0.2) is 4.68 Å². The number of aromatic nitrogens is 2. The number of nitrogens with zero attached hydrogens (tertiary/aromatic N) is 2. The quantitative estimate of drug-likeness (QED) is 0.686. The molecule has 0 aliphatic heterocycles. The zero-order valence-corrected chi connectivity index (χ0v) is 14.7. The number of carbonyl (C=O) groups is 1. The molecule has 128 valence electrons. The number of hydrogen-bond donors (Lipinski definition) is 2. The normalized spacial score (nSPS) is 10.7. The number of fused-ring (bicyclic) bond motifs is 1. The molecule has 1 heterocycles. The molecule has 0 fully saturated rings. The van der Waals surface area contributed by atoms with Crippen molar-refractivity contribution in [3.8, 4) is 0 Å². The maximum absolute atomic E-state index is 12.2. The van der Waals surface area contributed by atoms with Gasteiger partial charge in [0.05, 0.1) is 28.2 Å². The Hall–Kier alpha value is -2.57. The van der Waals surface area contributed by atoms with Crippen molar-refractivity contribution in [3.63, 3.8) is 0 Å². The predicted octanol–water partition coefficient (Wildman–Crippen LogP) is 2.93. The van der Waals surface area contributed by atoms with Gasteiger partial charge in [-0.15, -0.1) is 0 Å². The van der Waals surface area contributed by atoms with E-state index in [1.54, 1.807) is 49.5 Å². The van der Waals surface area contributed by atoms with E-state index >= 15 is 0 Å². The van der Waals surface area contributed by atoms with Crippen molar-refractivity contribution in [3.05, 3.63) is 68.6 Å². The van der Waals surface area contributed by atoms with Gasteiger partial charge in [-0.3, -0.25) is 20.4 Å². The van der Waals surface area contributed by atoms with Gasteiger partial charge in [0.1, 0.15) is 0 Å². The van der Waals surface area contributed by atoms with Crippen LogP contribution in [-0.2, 0) is 18.3 Å². The van der Waals surface area contributed by atoms with E-state index in [9.17, 15) is 9.59 Å². The molecule has 0 bridgehead atoms. The third kappa shape index (κ3) is 3.75. The summed E-state index contributed by atoms with van der Waals surface area (Å²) in [5, 5.41) is 6.27. The van der Waals surface area contributed by atoms with Crippen LogP contribution in [0.5, 0.6) is 0 Å². The fourth-order valence-electron chi connectivity index (χ4n) is 2.43. The van der Waals surface area contributed by atoms with Crippen LogP contribution in [0.25, 0.3) is 10.8 Å². The average Bonchev–Trinajstić information content (AvgIpc) is 2.59. The van der Waals surface area contributed by atoms with Crippen molar-refractivity contribution in [2.75, 3.05) is 5.43 Å². The van der Waals surface area contributed by atoms with Crippen LogP contribution >= 0.6 is 23.2 Å². The van der Waals surface area contributed by atoms with E-state index in [0.717, 1.165) is 0 Å².